The topological polar surface area (TPSA) is 40.6 Å². The second-order valence-corrected chi connectivity index (χ2v) is 7.34. The molecule has 3 rings (SSSR count). The van der Waals surface area contributed by atoms with E-state index in [0.717, 1.165) is 44.1 Å². The van der Waals surface area contributed by atoms with Gasteiger partial charge < -0.3 is 4.90 Å². The van der Waals surface area contributed by atoms with Crippen molar-refractivity contribution in [1.82, 2.24) is 9.80 Å². The molecule has 0 radical (unpaired) electrons. The molecule has 2 aliphatic heterocycles. The number of rotatable bonds is 4. The SMILES string of the molecule is C#CCN1CCC(C(=O)N2CCC(C(=O)c3cc(F)ccc3F)CC2)CC1. The number of halogens is 2. The smallest absolute Gasteiger partial charge is 0.225 e. The Bertz CT molecular complexity index is 743. The third-order valence-corrected chi connectivity index (χ3v) is 5.62. The van der Waals surface area contributed by atoms with Gasteiger partial charge in [-0.2, -0.15) is 0 Å². The largest absolute Gasteiger partial charge is 0.342 e. The molecule has 0 saturated carbocycles. The zero-order valence-corrected chi connectivity index (χ0v) is 15.3. The average molecular weight is 374 g/mol. The van der Waals surface area contributed by atoms with Crippen LogP contribution in [0.3, 0.4) is 0 Å². The van der Waals surface area contributed by atoms with Gasteiger partial charge in [0.15, 0.2) is 5.78 Å². The second-order valence-electron chi connectivity index (χ2n) is 7.34. The standard InChI is InChI=1S/C21H24F2N2O2/c1-2-9-24-10-5-16(6-11-24)21(27)25-12-7-15(8-13-25)20(26)18-14-17(22)3-4-19(18)23/h1,3-4,14-16H,5-13H2. The van der Waals surface area contributed by atoms with Gasteiger partial charge in [-0.3, -0.25) is 14.5 Å². The van der Waals surface area contributed by atoms with Crippen LogP contribution in [0.5, 0.6) is 0 Å². The second kappa shape index (κ2) is 8.62. The lowest BCUT2D eigenvalue weighted by molar-refractivity contribution is -0.138. The van der Waals surface area contributed by atoms with Gasteiger partial charge in [-0.15, -0.1) is 6.42 Å². The molecule has 1 aromatic carbocycles. The summed E-state index contributed by atoms with van der Waals surface area (Å²) in [5.74, 6) is 0.710. The van der Waals surface area contributed by atoms with E-state index in [2.05, 4.69) is 10.8 Å². The van der Waals surface area contributed by atoms with Crippen LogP contribution in [0.2, 0.25) is 0 Å². The number of hydrogen-bond acceptors (Lipinski definition) is 3. The van der Waals surface area contributed by atoms with Crippen LogP contribution in [0.25, 0.3) is 0 Å². The molecule has 2 saturated heterocycles. The molecule has 0 aliphatic carbocycles. The summed E-state index contributed by atoms with van der Waals surface area (Å²) in [6, 6.07) is 2.94. The highest BCUT2D eigenvalue weighted by atomic mass is 19.1. The Morgan fingerprint density at radius 1 is 1.04 bits per heavy atom. The molecule has 0 atom stereocenters. The number of ketones is 1. The Kier molecular flexibility index (Phi) is 6.22. The molecule has 144 valence electrons. The first-order valence-electron chi connectivity index (χ1n) is 9.43. The van der Waals surface area contributed by atoms with Crippen LogP contribution in [-0.2, 0) is 4.79 Å². The van der Waals surface area contributed by atoms with Gasteiger partial charge in [0.2, 0.25) is 5.91 Å². The van der Waals surface area contributed by atoms with E-state index in [1.807, 2.05) is 4.90 Å². The molecule has 0 spiro atoms. The number of carbonyl (C=O) groups is 2. The van der Waals surface area contributed by atoms with Crippen LogP contribution in [0.15, 0.2) is 18.2 Å². The van der Waals surface area contributed by atoms with Crippen molar-refractivity contribution in [2.45, 2.75) is 25.7 Å². The van der Waals surface area contributed by atoms with E-state index < -0.39 is 11.6 Å². The molecule has 0 aromatic heterocycles. The predicted octanol–water partition coefficient (Wildman–Crippen LogP) is 2.73. The zero-order valence-electron chi connectivity index (χ0n) is 15.3. The molecule has 2 fully saturated rings. The van der Waals surface area contributed by atoms with Gasteiger partial charge >= 0.3 is 0 Å². The van der Waals surface area contributed by atoms with Crippen molar-refractivity contribution in [2.24, 2.45) is 11.8 Å². The number of benzene rings is 1. The predicted molar refractivity (Wildman–Crippen MR) is 98.0 cm³/mol. The fourth-order valence-corrected chi connectivity index (χ4v) is 3.99. The number of amides is 1. The lowest BCUT2D eigenvalue weighted by atomic mass is 9.87. The quantitative estimate of drug-likeness (QED) is 0.601. The van der Waals surface area contributed by atoms with Crippen molar-refractivity contribution in [2.75, 3.05) is 32.7 Å². The molecule has 0 unspecified atom stereocenters. The van der Waals surface area contributed by atoms with Gasteiger partial charge in [0.25, 0.3) is 0 Å². The molecule has 2 heterocycles. The van der Waals surface area contributed by atoms with Crippen LogP contribution >= 0.6 is 0 Å². The summed E-state index contributed by atoms with van der Waals surface area (Å²) in [5.41, 5.74) is -0.194. The van der Waals surface area contributed by atoms with Crippen molar-refractivity contribution in [1.29, 1.82) is 0 Å². The fourth-order valence-electron chi connectivity index (χ4n) is 3.99. The van der Waals surface area contributed by atoms with Gasteiger partial charge in [-0.1, -0.05) is 5.92 Å². The summed E-state index contributed by atoms with van der Waals surface area (Å²) in [6.07, 6.45) is 7.89. The van der Waals surface area contributed by atoms with Gasteiger partial charge in [-0.25, -0.2) is 8.78 Å². The van der Waals surface area contributed by atoms with E-state index in [-0.39, 0.29) is 29.1 Å². The average Bonchev–Trinajstić information content (AvgIpc) is 2.70. The lowest BCUT2D eigenvalue weighted by Gasteiger charge is -2.36. The summed E-state index contributed by atoms with van der Waals surface area (Å²) in [7, 11) is 0. The molecule has 1 aromatic rings. The molecule has 2 aliphatic rings. The van der Waals surface area contributed by atoms with Gasteiger partial charge in [0.05, 0.1) is 12.1 Å². The Balaban J connectivity index is 1.53. The Labute approximate surface area is 158 Å². The van der Waals surface area contributed by atoms with Crippen LogP contribution in [0.4, 0.5) is 8.78 Å². The summed E-state index contributed by atoms with van der Waals surface area (Å²) in [5, 5.41) is 0. The molecule has 1 amide bonds. The van der Waals surface area contributed by atoms with E-state index in [0.29, 0.717) is 32.5 Å². The Morgan fingerprint density at radius 2 is 1.67 bits per heavy atom. The minimum Gasteiger partial charge on any atom is -0.342 e. The minimum atomic E-state index is -0.696. The van der Waals surface area contributed by atoms with Gasteiger partial charge in [-0.05, 0) is 57.0 Å². The Morgan fingerprint density at radius 3 is 2.30 bits per heavy atom. The first kappa shape index (κ1) is 19.5. The maximum absolute atomic E-state index is 13.8. The molecular formula is C21H24F2N2O2. The van der Waals surface area contributed by atoms with E-state index in [1.165, 1.54) is 0 Å². The maximum Gasteiger partial charge on any atom is 0.225 e. The van der Waals surface area contributed by atoms with Crippen LogP contribution < -0.4 is 0 Å². The molecule has 0 bridgehead atoms. The first-order chi connectivity index (χ1) is 13.0. The lowest BCUT2D eigenvalue weighted by Crippen LogP contribution is -2.46. The number of terminal acetylenes is 1. The summed E-state index contributed by atoms with van der Waals surface area (Å²) >= 11 is 0. The van der Waals surface area contributed by atoms with E-state index in [4.69, 9.17) is 6.42 Å². The van der Waals surface area contributed by atoms with Crippen molar-refractivity contribution >= 4 is 11.7 Å². The van der Waals surface area contributed by atoms with Crippen molar-refractivity contribution in [3.8, 4) is 12.3 Å². The third kappa shape index (κ3) is 4.54. The normalized spacial score (nSPS) is 19.7. The molecule has 27 heavy (non-hydrogen) atoms. The highest BCUT2D eigenvalue weighted by Crippen LogP contribution is 2.26. The van der Waals surface area contributed by atoms with Gasteiger partial charge in [0, 0.05) is 24.9 Å². The molecule has 4 nitrogen and oxygen atoms in total. The highest BCUT2D eigenvalue weighted by molar-refractivity contribution is 5.98. The van der Waals surface area contributed by atoms with Crippen molar-refractivity contribution in [3.63, 3.8) is 0 Å². The maximum atomic E-state index is 13.8. The number of likely N-dealkylation sites (tertiary alicyclic amines) is 2. The molecule has 6 heteroatoms. The number of piperidine rings is 2. The van der Waals surface area contributed by atoms with Crippen LogP contribution in [0.1, 0.15) is 36.0 Å². The van der Waals surface area contributed by atoms with Crippen molar-refractivity contribution < 1.29 is 18.4 Å². The number of hydrogen-bond donors (Lipinski definition) is 0. The fraction of sp³-hybridized carbons (Fsp3) is 0.524. The molecule has 0 N–H and O–H groups in total. The number of Topliss-reactive ketones (excluding diaryl/α,β-unsaturated/α-hetero) is 1. The van der Waals surface area contributed by atoms with Crippen LogP contribution in [-0.4, -0.2) is 54.2 Å². The Hall–Kier alpha value is -2.26. The summed E-state index contributed by atoms with van der Waals surface area (Å²) in [6.45, 7) is 3.24. The number of carbonyl (C=O) groups excluding carboxylic acids is 2. The summed E-state index contributed by atoms with van der Waals surface area (Å²) in [4.78, 5) is 29.2. The van der Waals surface area contributed by atoms with E-state index >= 15 is 0 Å². The molecular weight excluding hydrogens is 350 g/mol. The monoisotopic (exact) mass is 374 g/mol. The van der Waals surface area contributed by atoms with Crippen LogP contribution in [0, 0.1) is 35.8 Å². The highest BCUT2D eigenvalue weighted by Gasteiger charge is 2.33. The minimum absolute atomic E-state index is 0.00643. The van der Waals surface area contributed by atoms with Crippen molar-refractivity contribution in [3.05, 3.63) is 35.4 Å². The summed E-state index contributed by atoms with van der Waals surface area (Å²) < 4.78 is 27.2. The van der Waals surface area contributed by atoms with E-state index in [9.17, 15) is 18.4 Å². The first-order valence-corrected chi connectivity index (χ1v) is 9.43. The zero-order chi connectivity index (χ0) is 19.4. The third-order valence-electron chi connectivity index (χ3n) is 5.62. The number of nitrogens with zero attached hydrogens (tertiary/aromatic N) is 2. The van der Waals surface area contributed by atoms with E-state index in [1.54, 1.807) is 0 Å². The van der Waals surface area contributed by atoms with Gasteiger partial charge in [0.1, 0.15) is 11.6 Å².